The van der Waals surface area contributed by atoms with E-state index in [9.17, 15) is 25.3 Å². The van der Waals surface area contributed by atoms with Crippen LogP contribution in [0.3, 0.4) is 0 Å². The molecule has 0 saturated heterocycles. The number of hydrogen-bond donors (Lipinski definition) is 3. The summed E-state index contributed by atoms with van der Waals surface area (Å²) >= 11 is 0. The molecule has 0 radical (unpaired) electrons. The molecule has 0 rings (SSSR count). The Balaban J connectivity index is 5.09. The lowest BCUT2D eigenvalue weighted by molar-refractivity contribution is 0.219. The SMILES string of the molecule is CCC(CCCS(N)(=O)=O)N(CCS(=O)(=O)NC)CS(=O)(=O)NC. The lowest BCUT2D eigenvalue weighted by atomic mass is 10.1. The van der Waals surface area contributed by atoms with E-state index >= 15 is 0 Å². The number of nitrogens with zero attached hydrogens (tertiary/aromatic N) is 1. The predicted molar refractivity (Wildman–Crippen MR) is 93.7 cm³/mol. The smallest absolute Gasteiger partial charge is 0.224 e. The van der Waals surface area contributed by atoms with Gasteiger partial charge in [-0.05, 0) is 33.4 Å². The first kappa shape index (κ1) is 23.7. The molecule has 0 aliphatic carbocycles. The van der Waals surface area contributed by atoms with E-state index in [1.807, 2.05) is 6.92 Å². The van der Waals surface area contributed by atoms with Gasteiger partial charge in [-0.3, -0.25) is 4.90 Å². The molecule has 0 aromatic carbocycles. The van der Waals surface area contributed by atoms with Gasteiger partial charge in [-0.1, -0.05) is 6.92 Å². The number of nitrogens with two attached hydrogens (primary N) is 1. The highest BCUT2D eigenvalue weighted by molar-refractivity contribution is 7.89. The van der Waals surface area contributed by atoms with Crippen LogP contribution in [0, 0.1) is 0 Å². The van der Waals surface area contributed by atoms with Gasteiger partial charge in [0.05, 0.1) is 11.5 Å². The van der Waals surface area contributed by atoms with E-state index < -0.39 is 30.1 Å². The Bertz CT molecular complexity index is 675. The van der Waals surface area contributed by atoms with Crippen molar-refractivity contribution in [1.82, 2.24) is 14.3 Å². The van der Waals surface area contributed by atoms with Gasteiger partial charge in [-0.2, -0.15) is 0 Å². The summed E-state index contributed by atoms with van der Waals surface area (Å²) in [6.45, 7) is 1.84. The van der Waals surface area contributed by atoms with E-state index in [-0.39, 0.29) is 36.4 Å². The summed E-state index contributed by atoms with van der Waals surface area (Å²) in [5.41, 5.74) is 0. The molecule has 0 heterocycles. The Hall–Kier alpha value is -0.310. The van der Waals surface area contributed by atoms with Gasteiger partial charge in [-0.25, -0.2) is 39.8 Å². The Kier molecular flexibility index (Phi) is 9.86. The topological polar surface area (TPSA) is 156 Å². The number of nitrogens with one attached hydrogen (secondary N) is 2. The normalized spacial score (nSPS) is 14.9. The summed E-state index contributed by atoms with van der Waals surface area (Å²) in [6, 6.07) is -0.276. The van der Waals surface area contributed by atoms with Gasteiger partial charge in [0.25, 0.3) is 0 Å². The maximum absolute atomic E-state index is 11.8. The van der Waals surface area contributed by atoms with Crippen LogP contribution in [0.25, 0.3) is 0 Å². The maximum atomic E-state index is 11.8. The summed E-state index contributed by atoms with van der Waals surface area (Å²) in [4.78, 5) is 1.53. The second-order valence-electron chi connectivity index (χ2n) is 5.35. The Morgan fingerprint density at radius 2 is 1.50 bits per heavy atom. The number of primary sulfonamides is 1. The lowest BCUT2D eigenvalue weighted by Crippen LogP contribution is -2.45. The standard InChI is InChI=1S/C11H28N4O6S3/c1-4-11(6-5-8-22(12,16)17)15(10-24(20,21)14-3)7-9-23(18,19)13-2/h11,13-14H,4-10H2,1-3H3,(H2,12,16,17). The third-order valence-electron chi connectivity index (χ3n) is 3.56. The van der Waals surface area contributed by atoms with Gasteiger partial charge in [-0.15, -0.1) is 0 Å². The van der Waals surface area contributed by atoms with Gasteiger partial charge < -0.3 is 0 Å². The lowest BCUT2D eigenvalue weighted by Gasteiger charge is -2.30. The van der Waals surface area contributed by atoms with Crippen molar-refractivity contribution in [3.05, 3.63) is 0 Å². The van der Waals surface area contributed by atoms with Crippen molar-refractivity contribution < 1.29 is 25.3 Å². The first-order valence-corrected chi connectivity index (χ1v) is 12.4. The first-order chi connectivity index (χ1) is 10.9. The molecule has 0 bridgehead atoms. The van der Waals surface area contributed by atoms with Gasteiger partial charge in [0.1, 0.15) is 5.88 Å². The molecular formula is C11H28N4O6S3. The van der Waals surface area contributed by atoms with Crippen molar-refractivity contribution >= 4 is 30.1 Å². The van der Waals surface area contributed by atoms with Gasteiger partial charge in [0, 0.05) is 12.6 Å². The molecule has 0 aromatic heterocycles. The largest absolute Gasteiger partial charge is 0.285 e. The predicted octanol–water partition coefficient (Wildman–Crippen LogP) is -1.81. The summed E-state index contributed by atoms with van der Waals surface area (Å²) in [6.07, 6.45) is 1.21. The average Bonchev–Trinajstić information content (AvgIpc) is 2.47. The Labute approximate surface area is 145 Å². The molecule has 0 spiro atoms. The highest BCUT2D eigenvalue weighted by Gasteiger charge is 2.24. The molecule has 13 heteroatoms. The fraction of sp³-hybridized carbons (Fsp3) is 1.00. The molecule has 1 unspecified atom stereocenters. The van der Waals surface area contributed by atoms with Crippen LogP contribution in [-0.4, -0.2) is 74.2 Å². The van der Waals surface area contributed by atoms with Crippen LogP contribution in [0.2, 0.25) is 0 Å². The molecule has 0 fully saturated rings. The van der Waals surface area contributed by atoms with Crippen molar-refractivity contribution in [2.45, 2.75) is 32.2 Å². The van der Waals surface area contributed by atoms with E-state index in [4.69, 9.17) is 5.14 Å². The minimum absolute atomic E-state index is 0.0119. The molecule has 0 aliphatic rings. The van der Waals surface area contributed by atoms with E-state index in [0.717, 1.165) is 0 Å². The third-order valence-corrected chi connectivity index (χ3v) is 7.05. The molecule has 4 N–H and O–H groups in total. The summed E-state index contributed by atoms with van der Waals surface area (Å²) in [7, 11) is -8.09. The second kappa shape index (κ2) is 9.99. The average molecular weight is 409 g/mol. The second-order valence-corrected chi connectivity index (χ2v) is 11.0. The van der Waals surface area contributed by atoms with E-state index in [1.165, 1.54) is 19.0 Å². The molecule has 146 valence electrons. The molecule has 1 atom stereocenters. The monoisotopic (exact) mass is 408 g/mol. The molecule has 24 heavy (non-hydrogen) atoms. The Morgan fingerprint density at radius 1 is 0.958 bits per heavy atom. The van der Waals surface area contributed by atoms with Crippen molar-refractivity contribution in [3.8, 4) is 0 Å². The van der Waals surface area contributed by atoms with E-state index in [0.29, 0.717) is 12.8 Å². The van der Waals surface area contributed by atoms with Gasteiger partial charge in [0.2, 0.25) is 30.1 Å². The molecule has 0 amide bonds. The summed E-state index contributed by atoms with van der Waals surface area (Å²) in [5, 5.41) is 4.96. The first-order valence-electron chi connectivity index (χ1n) is 7.42. The van der Waals surface area contributed by atoms with Crippen LogP contribution < -0.4 is 14.6 Å². The Morgan fingerprint density at radius 3 is 1.92 bits per heavy atom. The molecular weight excluding hydrogens is 380 g/mol. The van der Waals surface area contributed by atoms with E-state index in [1.54, 1.807) is 0 Å². The molecule has 0 aliphatic heterocycles. The minimum atomic E-state index is -3.59. The molecule has 0 saturated carbocycles. The maximum Gasteiger partial charge on any atom is 0.224 e. The van der Waals surface area contributed by atoms with Crippen molar-refractivity contribution in [3.63, 3.8) is 0 Å². The number of hydrogen-bond acceptors (Lipinski definition) is 7. The van der Waals surface area contributed by atoms with Crippen molar-refractivity contribution in [2.24, 2.45) is 5.14 Å². The van der Waals surface area contributed by atoms with Crippen LogP contribution in [0.15, 0.2) is 0 Å². The molecule has 0 aromatic rings. The summed E-state index contributed by atoms with van der Waals surface area (Å²) in [5.74, 6) is -0.823. The fourth-order valence-electron chi connectivity index (χ4n) is 2.14. The van der Waals surface area contributed by atoms with Gasteiger partial charge in [0.15, 0.2) is 0 Å². The minimum Gasteiger partial charge on any atom is -0.285 e. The van der Waals surface area contributed by atoms with Crippen LogP contribution in [0.4, 0.5) is 0 Å². The van der Waals surface area contributed by atoms with Crippen LogP contribution in [-0.2, 0) is 30.1 Å². The zero-order valence-electron chi connectivity index (χ0n) is 14.2. The highest BCUT2D eigenvalue weighted by atomic mass is 32.2. The van der Waals surface area contributed by atoms with Crippen LogP contribution in [0.5, 0.6) is 0 Å². The third kappa shape index (κ3) is 10.5. The zero-order chi connectivity index (χ0) is 19.0. The summed E-state index contributed by atoms with van der Waals surface area (Å²) < 4.78 is 73.2. The van der Waals surface area contributed by atoms with Crippen molar-refractivity contribution in [1.29, 1.82) is 0 Å². The molecule has 10 nitrogen and oxygen atoms in total. The van der Waals surface area contributed by atoms with Gasteiger partial charge >= 0.3 is 0 Å². The zero-order valence-corrected chi connectivity index (χ0v) is 16.7. The quantitative estimate of drug-likeness (QED) is 0.324. The highest BCUT2D eigenvalue weighted by Crippen LogP contribution is 2.13. The van der Waals surface area contributed by atoms with Crippen molar-refractivity contribution in [2.75, 3.05) is 38.0 Å². The van der Waals surface area contributed by atoms with Crippen LogP contribution in [0.1, 0.15) is 26.2 Å². The number of rotatable bonds is 13. The fourth-order valence-corrected chi connectivity index (χ4v) is 4.29. The van der Waals surface area contributed by atoms with Crippen LogP contribution >= 0.6 is 0 Å². The number of sulfonamides is 3. The van der Waals surface area contributed by atoms with E-state index in [2.05, 4.69) is 9.44 Å².